The highest BCUT2D eigenvalue weighted by atomic mass is 19.2. The SMILES string of the molecule is O[C@@H]1CCCC[C@H]1NCc1ccc(F)c(F)c1. The van der Waals surface area contributed by atoms with Crippen molar-refractivity contribution in [1.82, 2.24) is 5.32 Å². The normalized spacial score (nSPS) is 24.9. The van der Waals surface area contributed by atoms with Gasteiger partial charge in [0.15, 0.2) is 11.6 Å². The van der Waals surface area contributed by atoms with Gasteiger partial charge >= 0.3 is 0 Å². The molecule has 1 saturated carbocycles. The second-order valence-corrected chi connectivity index (χ2v) is 4.59. The van der Waals surface area contributed by atoms with E-state index in [1.54, 1.807) is 6.07 Å². The van der Waals surface area contributed by atoms with Crippen LogP contribution in [0.4, 0.5) is 8.78 Å². The van der Waals surface area contributed by atoms with Crippen LogP contribution in [0.2, 0.25) is 0 Å². The average molecular weight is 241 g/mol. The van der Waals surface area contributed by atoms with Gasteiger partial charge in [-0.1, -0.05) is 18.9 Å². The fourth-order valence-electron chi connectivity index (χ4n) is 2.25. The highest BCUT2D eigenvalue weighted by molar-refractivity contribution is 5.17. The molecule has 1 aromatic rings. The first-order valence-corrected chi connectivity index (χ1v) is 6.02. The lowest BCUT2D eigenvalue weighted by Gasteiger charge is -2.28. The summed E-state index contributed by atoms with van der Waals surface area (Å²) < 4.78 is 25.7. The fourth-order valence-corrected chi connectivity index (χ4v) is 2.25. The van der Waals surface area contributed by atoms with Crippen LogP contribution in [0.15, 0.2) is 18.2 Å². The molecule has 0 aliphatic heterocycles. The molecule has 0 aromatic heterocycles. The zero-order valence-electron chi connectivity index (χ0n) is 9.63. The highest BCUT2D eigenvalue weighted by Gasteiger charge is 2.22. The number of hydrogen-bond acceptors (Lipinski definition) is 2. The van der Waals surface area contributed by atoms with E-state index >= 15 is 0 Å². The molecule has 1 aliphatic carbocycles. The predicted octanol–water partition coefficient (Wildman–Crippen LogP) is 2.36. The van der Waals surface area contributed by atoms with Gasteiger partial charge in [-0.15, -0.1) is 0 Å². The van der Waals surface area contributed by atoms with E-state index in [1.807, 2.05) is 0 Å². The summed E-state index contributed by atoms with van der Waals surface area (Å²) in [5.41, 5.74) is 0.696. The second kappa shape index (κ2) is 5.56. The zero-order valence-corrected chi connectivity index (χ0v) is 9.63. The molecule has 0 saturated heterocycles. The van der Waals surface area contributed by atoms with E-state index in [-0.39, 0.29) is 12.1 Å². The average Bonchev–Trinajstić information content (AvgIpc) is 2.32. The molecule has 1 aromatic carbocycles. The van der Waals surface area contributed by atoms with Gasteiger partial charge in [-0.05, 0) is 30.5 Å². The third-order valence-corrected chi connectivity index (χ3v) is 3.28. The minimum absolute atomic E-state index is 0.0665. The Balaban J connectivity index is 1.90. The van der Waals surface area contributed by atoms with Crippen molar-refractivity contribution in [3.8, 4) is 0 Å². The summed E-state index contributed by atoms with van der Waals surface area (Å²) in [4.78, 5) is 0. The molecule has 1 aliphatic rings. The van der Waals surface area contributed by atoms with Crippen LogP contribution in [-0.2, 0) is 6.54 Å². The third kappa shape index (κ3) is 3.23. The quantitative estimate of drug-likeness (QED) is 0.851. The van der Waals surface area contributed by atoms with Gasteiger partial charge in [0, 0.05) is 12.6 Å². The molecule has 94 valence electrons. The molecule has 0 radical (unpaired) electrons. The highest BCUT2D eigenvalue weighted by Crippen LogP contribution is 2.19. The molecular weight excluding hydrogens is 224 g/mol. The Morgan fingerprint density at radius 1 is 1.18 bits per heavy atom. The summed E-state index contributed by atoms with van der Waals surface area (Å²) in [6, 6.07) is 3.94. The Labute approximate surface area is 99.7 Å². The van der Waals surface area contributed by atoms with Crippen LogP contribution >= 0.6 is 0 Å². The number of rotatable bonds is 3. The lowest BCUT2D eigenvalue weighted by molar-refractivity contribution is 0.0902. The second-order valence-electron chi connectivity index (χ2n) is 4.59. The maximum absolute atomic E-state index is 13.0. The van der Waals surface area contributed by atoms with Gasteiger partial charge in [0.1, 0.15) is 0 Å². The topological polar surface area (TPSA) is 32.3 Å². The number of aliphatic hydroxyl groups is 1. The molecule has 0 bridgehead atoms. The minimum atomic E-state index is -0.827. The number of nitrogens with one attached hydrogen (secondary N) is 1. The largest absolute Gasteiger partial charge is 0.392 e. The van der Waals surface area contributed by atoms with Crippen molar-refractivity contribution in [1.29, 1.82) is 0 Å². The van der Waals surface area contributed by atoms with Crippen molar-refractivity contribution in [2.75, 3.05) is 0 Å². The van der Waals surface area contributed by atoms with E-state index in [2.05, 4.69) is 5.32 Å². The summed E-state index contributed by atoms with van der Waals surface area (Å²) in [5.74, 6) is -1.65. The number of hydrogen-bond donors (Lipinski definition) is 2. The first-order valence-electron chi connectivity index (χ1n) is 6.02. The Hall–Kier alpha value is -1.00. The lowest BCUT2D eigenvalue weighted by atomic mass is 9.92. The van der Waals surface area contributed by atoms with E-state index in [0.717, 1.165) is 31.7 Å². The molecule has 1 fully saturated rings. The molecule has 0 amide bonds. The van der Waals surface area contributed by atoms with Gasteiger partial charge in [-0.25, -0.2) is 8.78 Å². The maximum Gasteiger partial charge on any atom is 0.159 e. The van der Waals surface area contributed by atoms with Gasteiger partial charge in [0.2, 0.25) is 0 Å². The van der Waals surface area contributed by atoms with Gasteiger partial charge in [-0.2, -0.15) is 0 Å². The van der Waals surface area contributed by atoms with E-state index in [4.69, 9.17) is 0 Å². The van der Waals surface area contributed by atoms with Gasteiger partial charge in [0.25, 0.3) is 0 Å². The standard InChI is InChI=1S/C13H17F2NO/c14-10-6-5-9(7-11(10)15)8-16-12-3-1-2-4-13(12)17/h5-7,12-13,16-17H,1-4,8H2/t12-,13-/m1/s1. The van der Waals surface area contributed by atoms with Crippen LogP contribution in [0.3, 0.4) is 0 Å². The van der Waals surface area contributed by atoms with Crippen LogP contribution in [-0.4, -0.2) is 17.3 Å². The van der Waals surface area contributed by atoms with E-state index < -0.39 is 11.6 Å². The summed E-state index contributed by atoms with van der Waals surface area (Å²) in [6.45, 7) is 0.457. The number of aliphatic hydroxyl groups excluding tert-OH is 1. The molecule has 2 atom stereocenters. The van der Waals surface area contributed by atoms with Crippen molar-refractivity contribution in [2.45, 2.75) is 44.4 Å². The maximum atomic E-state index is 13.0. The van der Waals surface area contributed by atoms with E-state index in [0.29, 0.717) is 12.1 Å². The summed E-state index contributed by atoms with van der Waals surface area (Å²) >= 11 is 0. The minimum Gasteiger partial charge on any atom is -0.392 e. The van der Waals surface area contributed by atoms with Gasteiger partial charge in [-0.3, -0.25) is 0 Å². The van der Waals surface area contributed by atoms with E-state index in [1.165, 1.54) is 6.07 Å². The smallest absolute Gasteiger partial charge is 0.159 e. The molecule has 2 nitrogen and oxygen atoms in total. The van der Waals surface area contributed by atoms with Crippen LogP contribution in [0.5, 0.6) is 0 Å². The third-order valence-electron chi connectivity index (χ3n) is 3.28. The van der Waals surface area contributed by atoms with Crippen LogP contribution < -0.4 is 5.32 Å². The monoisotopic (exact) mass is 241 g/mol. The Morgan fingerprint density at radius 3 is 2.65 bits per heavy atom. The van der Waals surface area contributed by atoms with Gasteiger partial charge in [0.05, 0.1) is 6.10 Å². The fraction of sp³-hybridized carbons (Fsp3) is 0.538. The van der Waals surface area contributed by atoms with Crippen LogP contribution in [0, 0.1) is 11.6 Å². The zero-order chi connectivity index (χ0) is 12.3. The first kappa shape index (κ1) is 12.5. The molecule has 0 heterocycles. The van der Waals surface area contributed by atoms with Crippen LogP contribution in [0.1, 0.15) is 31.2 Å². The summed E-state index contributed by atoms with van der Waals surface area (Å²) in [7, 11) is 0. The number of halogens is 2. The molecule has 2 rings (SSSR count). The Kier molecular flexibility index (Phi) is 4.07. The Morgan fingerprint density at radius 2 is 1.94 bits per heavy atom. The molecular formula is C13H17F2NO. The van der Waals surface area contributed by atoms with Gasteiger partial charge < -0.3 is 10.4 Å². The molecule has 0 unspecified atom stereocenters. The number of benzene rings is 1. The molecule has 17 heavy (non-hydrogen) atoms. The summed E-state index contributed by atoms with van der Waals surface area (Å²) in [6.07, 6.45) is 3.59. The molecule has 4 heteroatoms. The van der Waals surface area contributed by atoms with Crippen molar-refractivity contribution in [3.63, 3.8) is 0 Å². The Bertz CT molecular complexity index is 384. The van der Waals surface area contributed by atoms with E-state index in [9.17, 15) is 13.9 Å². The molecule has 2 N–H and O–H groups in total. The molecule has 0 spiro atoms. The summed E-state index contributed by atoms with van der Waals surface area (Å²) in [5, 5.41) is 12.9. The van der Waals surface area contributed by atoms with Crippen molar-refractivity contribution >= 4 is 0 Å². The first-order chi connectivity index (χ1) is 8.16. The predicted molar refractivity (Wildman–Crippen MR) is 61.5 cm³/mol. The van der Waals surface area contributed by atoms with Crippen molar-refractivity contribution < 1.29 is 13.9 Å². The van der Waals surface area contributed by atoms with Crippen molar-refractivity contribution in [2.24, 2.45) is 0 Å². The van der Waals surface area contributed by atoms with Crippen molar-refractivity contribution in [3.05, 3.63) is 35.4 Å². The van der Waals surface area contributed by atoms with Crippen LogP contribution in [0.25, 0.3) is 0 Å². The lowest BCUT2D eigenvalue weighted by Crippen LogP contribution is -2.41.